The first kappa shape index (κ1) is 14.2. The van der Waals surface area contributed by atoms with Crippen molar-refractivity contribution in [1.82, 2.24) is 15.3 Å². The fraction of sp³-hybridized carbons (Fsp3) is 0.647. The Balaban J connectivity index is 1.64. The van der Waals surface area contributed by atoms with Crippen LogP contribution in [0, 0.1) is 0 Å². The number of aryl methyl sites for hydroxylation is 1. The van der Waals surface area contributed by atoms with Gasteiger partial charge in [0.25, 0.3) is 0 Å². The normalized spacial score (nSPS) is 30.5. The van der Waals surface area contributed by atoms with E-state index in [4.69, 9.17) is 14.7 Å². The molecule has 5 nitrogen and oxygen atoms in total. The van der Waals surface area contributed by atoms with Crippen LogP contribution >= 0.6 is 0 Å². The van der Waals surface area contributed by atoms with Gasteiger partial charge in [0.2, 0.25) is 5.88 Å². The highest BCUT2D eigenvalue weighted by molar-refractivity contribution is 5.35. The standard InChI is InChI=1S/C17H23N3O2/c21-14-8-4-9-15(14)22-17-11-5-3-7-12(11)19-16(20-17)13-6-1-2-10-18-13/h1-2,13-15,18,21H,3-10H2/t13?,14-,15-/m0/s1. The Kier molecular flexibility index (Phi) is 3.84. The molecule has 3 atom stereocenters. The topological polar surface area (TPSA) is 67.3 Å². The Labute approximate surface area is 130 Å². The number of aromatic nitrogens is 2. The summed E-state index contributed by atoms with van der Waals surface area (Å²) < 4.78 is 6.12. The number of rotatable bonds is 3. The average Bonchev–Trinajstić information content (AvgIpc) is 3.17. The van der Waals surface area contributed by atoms with Crippen LogP contribution in [0.2, 0.25) is 0 Å². The van der Waals surface area contributed by atoms with Gasteiger partial charge in [-0.15, -0.1) is 0 Å². The molecular weight excluding hydrogens is 278 g/mol. The number of aliphatic hydroxyl groups excluding tert-OH is 1. The average molecular weight is 301 g/mol. The van der Waals surface area contributed by atoms with Crippen molar-refractivity contribution >= 4 is 0 Å². The molecule has 0 radical (unpaired) electrons. The van der Waals surface area contributed by atoms with Crippen LogP contribution in [0.25, 0.3) is 0 Å². The molecule has 1 aromatic heterocycles. The monoisotopic (exact) mass is 301 g/mol. The summed E-state index contributed by atoms with van der Waals surface area (Å²) in [5.41, 5.74) is 2.30. The van der Waals surface area contributed by atoms with Crippen LogP contribution < -0.4 is 10.1 Å². The molecule has 1 aromatic rings. The smallest absolute Gasteiger partial charge is 0.220 e. The molecule has 0 amide bonds. The van der Waals surface area contributed by atoms with E-state index in [1.807, 2.05) is 0 Å². The van der Waals surface area contributed by atoms with E-state index in [-0.39, 0.29) is 18.2 Å². The minimum absolute atomic E-state index is 0.105. The third kappa shape index (κ3) is 2.63. The van der Waals surface area contributed by atoms with Gasteiger partial charge in [0.05, 0.1) is 17.8 Å². The fourth-order valence-corrected chi connectivity index (χ4v) is 3.66. The summed E-state index contributed by atoms with van der Waals surface area (Å²) in [5, 5.41) is 13.5. The van der Waals surface area contributed by atoms with Crippen molar-refractivity contribution < 1.29 is 9.84 Å². The van der Waals surface area contributed by atoms with E-state index >= 15 is 0 Å². The van der Waals surface area contributed by atoms with Gasteiger partial charge in [0, 0.05) is 12.1 Å². The predicted molar refractivity (Wildman–Crippen MR) is 82.8 cm³/mol. The van der Waals surface area contributed by atoms with Gasteiger partial charge in [-0.25, -0.2) is 4.98 Å². The van der Waals surface area contributed by atoms with Crippen LogP contribution in [0.1, 0.15) is 55.2 Å². The first-order valence-corrected chi connectivity index (χ1v) is 8.44. The van der Waals surface area contributed by atoms with E-state index < -0.39 is 0 Å². The third-order valence-electron chi connectivity index (χ3n) is 4.93. The largest absolute Gasteiger partial charge is 0.471 e. The van der Waals surface area contributed by atoms with Crippen molar-refractivity contribution in [2.75, 3.05) is 6.54 Å². The van der Waals surface area contributed by atoms with E-state index in [1.54, 1.807) is 0 Å². The maximum Gasteiger partial charge on any atom is 0.220 e. The van der Waals surface area contributed by atoms with E-state index in [0.29, 0.717) is 0 Å². The zero-order valence-electron chi connectivity index (χ0n) is 12.8. The molecule has 118 valence electrons. The molecule has 0 bridgehead atoms. The van der Waals surface area contributed by atoms with E-state index in [1.165, 1.54) is 0 Å². The van der Waals surface area contributed by atoms with Crippen LogP contribution in [-0.2, 0) is 12.8 Å². The van der Waals surface area contributed by atoms with Gasteiger partial charge in [-0.1, -0.05) is 12.2 Å². The minimum Gasteiger partial charge on any atom is -0.471 e. The Morgan fingerprint density at radius 2 is 2.09 bits per heavy atom. The summed E-state index contributed by atoms with van der Waals surface area (Å²) in [6, 6.07) is 0.173. The van der Waals surface area contributed by atoms with Gasteiger partial charge in [0.15, 0.2) is 0 Å². The van der Waals surface area contributed by atoms with Gasteiger partial charge in [-0.05, 0) is 44.9 Å². The molecule has 0 aromatic carbocycles. The lowest BCUT2D eigenvalue weighted by Gasteiger charge is -2.22. The van der Waals surface area contributed by atoms with E-state index in [2.05, 4.69) is 17.5 Å². The molecule has 2 aliphatic carbocycles. The number of nitrogens with zero attached hydrogens (tertiary/aromatic N) is 2. The number of fused-ring (bicyclic) bond motifs is 1. The first-order valence-electron chi connectivity index (χ1n) is 8.44. The maximum absolute atomic E-state index is 10.0. The number of hydrogen-bond donors (Lipinski definition) is 2. The molecule has 1 unspecified atom stereocenters. The van der Waals surface area contributed by atoms with Crippen LogP contribution in [-0.4, -0.2) is 33.8 Å². The summed E-state index contributed by atoms with van der Waals surface area (Å²) in [4.78, 5) is 9.51. The van der Waals surface area contributed by atoms with Crippen LogP contribution in [0.3, 0.4) is 0 Å². The fourth-order valence-electron chi connectivity index (χ4n) is 3.66. The van der Waals surface area contributed by atoms with Gasteiger partial charge in [-0.2, -0.15) is 4.98 Å². The number of ether oxygens (including phenoxy) is 1. The predicted octanol–water partition coefficient (Wildman–Crippen LogP) is 1.85. The van der Waals surface area contributed by atoms with Crippen molar-refractivity contribution in [2.24, 2.45) is 0 Å². The van der Waals surface area contributed by atoms with Gasteiger partial charge < -0.3 is 15.2 Å². The summed E-state index contributed by atoms with van der Waals surface area (Å²) >= 11 is 0. The van der Waals surface area contributed by atoms with Crippen molar-refractivity contribution in [3.63, 3.8) is 0 Å². The summed E-state index contributed by atoms with van der Waals surface area (Å²) in [6.45, 7) is 0.864. The Morgan fingerprint density at radius 3 is 2.86 bits per heavy atom. The molecule has 0 saturated heterocycles. The zero-order chi connectivity index (χ0) is 14.9. The zero-order valence-corrected chi connectivity index (χ0v) is 12.8. The summed E-state index contributed by atoms with van der Waals surface area (Å²) in [6.07, 6.45) is 10.7. The Hall–Kier alpha value is -1.46. The summed E-state index contributed by atoms with van der Waals surface area (Å²) in [5.74, 6) is 1.56. The number of aliphatic hydroxyl groups is 1. The second kappa shape index (κ2) is 5.97. The molecule has 5 heteroatoms. The Morgan fingerprint density at radius 1 is 1.14 bits per heavy atom. The van der Waals surface area contributed by atoms with Gasteiger partial charge in [0.1, 0.15) is 11.9 Å². The molecule has 1 aliphatic heterocycles. The summed E-state index contributed by atoms with van der Waals surface area (Å²) in [7, 11) is 0. The molecular formula is C17H23N3O2. The SMILES string of the molecule is O[C@H]1CCC[C@@H]1Oc1nc(C2CC=CCN2)nc2c1CCC2. The van der Waals surface area contributed by atoms with Crippen molar-refractivity contribution in [3.8, 4) is 5.88 Å². The molecule has 4 rings (SSSR count). The molecule has 2 N–H and O–H groups in total. The minimum atomic E-state index is -0.355. The molecule has 1 saturated carbocycles. The van der Waals surface area contributed by atoms with E-state index in [0.717, 1.165) is 74.5 Å². The highest BCUT2D eigenvalue weighted by Gasteiger charge is 2.30. The molecule has 0 spiro atoms. The second-order valence-electron chi connectivity index (χ2n) is 6.49. The van der Waals surface area contributed by atoms with Crippen LogP contribution in [0.4, 0.5) is 0 Å². The molecule has 1 fully saturated rings. The third-order valence-corrected chi connectivity index (χ3v) is 4.93. The Bertz CT molecular complexity index is 588. The lowest BCUT2D eigenvalue weighted by atomic mass is 10.1. The second-order valence-corrected chi connectivity index (χ2v) is 6.49. The lowest BCUT2D eigenvalue weighted by Crippen LogP contribution is -2.29. The maximum atomic E-state index is 10.0. The van der Waals surface area contributed by atoms with Gasteiger partial charge in [-0.3, -0.25) is 0 Å². The highest BCUT2D eigenvalue weighted by atomic mass is 16.5. The van der Waals surface area contributed by atoms with Crippen LogP contribution in [0.15, 0.2) is 12.2 Å². The van der Waals surface area contributed by atoms with Crippen molar-refractivity contribution in [3.05, 3.63) is 29.2 Å². The van der Waals surface area contributed by atoms with Crippen molar-refractivity contribution in [1.29, 1.82) is 0 Å². The lowest BCUT2D eigenvalue weighted by molar-refractivity contribution is 0.0564. The molecule has 22 heavy (non-hydrogen) atoms. The first-order chi connectivity index (χ1) is 10.8. The van der Waals surface area contributed by atoms with Gasteiger partial charge >= 0.3 is 0 Å². The van der Waals surface area contributed by atoms with E-state index in [9.17, 15) is 5.11 Å². The van der Waals surface area contributed by atoms with Crippen molar-refractivity contribution in [2.45, 2.75) is 63.2 Å². The quantitative estimate of drug-likeness (QED) is 0.834. The number of nitrogens with one attached hydrogen (secondary N) is 1. The molecule has 2 heterocycles. The van der Waals surface area contributed by atoms with Crippen LogP contribution in [0.5, 0.6) is 5.88 Å². The molecule has 3 aliphatic rings. The highest BCUT2D eigenvalue weighted by Crippen LogP contribution is 2.33. The number of hydrogen-bond acceptors (Lipinski definition) is 5.